The fraction of sp³-hybridized carbons (Fsp3) is 0.833. The van der Waals surface area contributed by atoms with Crippen molar-refractivity contribution in [3.63, 3.8) is 0 Å². The number of rotatable bonds is 1. The Morgan fingerprint density at radius 1 is 1.45 bits per heavy atom. The van der Waals surface area contributed by atoms with Crippen molar-refractivity contribution in [2.45, 2.75) is 18.4 Å². The molecule has 1 fully saturated rings. The molecular formula is C6H12ClNO3. The number of halogens is 1. The lowest BCUT2D eigenvalue weighted by molar-refractivity contribution is -0.146. The van der Waals surface area contributed by atoms with Gasteiger partial charge in [-0.1, -0.05) is 0 Å². The highest BCUT2D eigenvalue weighted by atomic mass is 35.5. The van der Waals surface area contributed by atoms with Gasteiger partial charge in [0.2, 0.25) is 0 Å². The van der Waals surface area contributed by atoms with Crippen molar-refractivity contribution in [2.75, 3.05) is 13.2 Å². The molecule has 0 bridgehead atoms. The van der Waals surface area contributed by atoms with Crippen molar-refractivity contribution in [2.24, 2.45) is 5.73 Å². The highest BCUT2D eigenvalue weighted by Crippen LogP contribution is 2.17. The largest absolute Gasteiger partial charge is 0.480 e. The predicted octanol–water partition coefficient (Wildman–Crippen LogP) is 0.000700. The quantitative estimate of drug-likeness (QED) is 0.598. The zero-order chi connectivity index (χ0) is 7.61. The first-order valence-corrected chi connectivity index (χ1v) is 3.25. The van der Waals surface area contributed by atoms with Gasteiger partial charge in [-0.2, -0.15) is 0 Å². The molecule has 0 unspecified atom stereocenters. The molecule has 0 radical (unpaired) electrons. The molecule has 0 spiro atoms. The van der Waals surface area contributed by atoms with Gasteiger partial charge in [0.1, 0.15) is 5.54 Å². The molecule has 1 aliphatic heterocycles. The molecule has 5 heteroatoms. The van der Waals surface area contributed by atoms with Crippen molar-refractivity contribution < 1.29 is 14.6 Å². The molecule has 1 saturated heterocycles. The molecule has 3 N–H and O–H groups in total. The number of carboxylic acid groups (broad SMARTS) is 1. The summed E-state index contributed by atoms with van der Waals surface area (Å²) in [4.78, 5) is 10.5. The molecule has 0 aliphatic carbocycles. The smallest absolute Gasteiger partial charge is 0.323 e. The van der Waals surface area contributed by atoms with Gasteiger partial charge in [0.25, 0.3) is 0 Å². The molecule has 11 heavy (non-hydrogen) atoms. The second-order valence-corrected chi connectivity index (χ2v) is 2.57. The number of aliphatic carboxylic acids is 1. The summed E-state index contributed by atoms with van der Waals surface area (Å²) < 4.78 is 4.97. The molecule has 0 aromatic rings. The monoisotopic (exact) mass is 181 g/mol. The second-order valence-electron chi connectivity index (χ2n) is 2.57. The summed E-state index contributed by atoms with van der Waals surface area (Å²) in [5.74, 6) is -0.921. The SMILES string of the molecule is Cl.NC1(C(=O)O)CCOCC1. The van der Waals surface area contributed by atoms with Gasteiger partial charge in [0.15, 0.2) is 0 Å². The lowest BCUT2D eigenvalue weighted by Gasteiger charge is -2.28. The van der Waals surface area contributed by atoms with Crippen molar-refractivity contribution in [3.05, 3.63) is 0 Å². The van der Waals surface area contributed by atoms with Crippen LogP contribution in [-0.2, 0) is 9.53 Å². The van der Waals surface area contributed by atoms with E-state index < -0.39 is 11.5 Å². The van der Waals surface area contributed by atoms with Crippen LogP contribution in [0.3, 0.4) is 0 Å². The van der Waals surface area contributed by atoms with Crippen LogP contribution >= 0.6 is 12.4 Å². The van der Waals surface area contributed by atoms with E-state index in [0.717, 1.165) is 0 Å². The average Bonchev–Trinajstić information content (AvgIpc) is 1.89. The van der Waals surface area contributed by atoms with Crippen LogP contribution in [0.5, 0.6) is 0 Å². The Hall–Kier alpha value is -0.320. The van der Waals surface area contributed by atoms with E-state index in [9.17, 15) is 4.79 Å². The minimum absolute atomic E-state index is 0. The minimum Gasteiger partial charge on any atom is -0.480 e. The zero-order valence-corrected chi connectivity index (χ0v) is 6.89. The maximum Gasteiger partial charge on any atom is 0.323 e. The van der Waals surface area contributed by atoms with Crippen LogP contribution in [0.4, 0.5) is 0 Å². The van der Waals surface area contributed by atoms with E-state index in [1.807, 2.05) is 0 Å². The third-order valence-electron chi connectivity index (χ3n) is 1.81. The van der Waals surface area contributed by atoms with Crippen molar-refractivity contribution >= 4 is 18.4 Å². The lowest BCUT2D eigenvalue weighted by atomic mass is 9.92. The van der Waals surface area contributed by atoms with Crippen molar-refractivity contribution in [3.8, 4) is 0 Å². The van der Waals surface area contributed by atoms with Gasteiger partial charge in [0.05, 0.1) is 0 Å². The Morgan fingerprint density at radius 3 is 2.18 bits per heavy atom. The summed E-state index contributed by atoms with van der Waals surface area (Å²) in [7, 11) is 0. The highest BCUT2D eigenvalue weighted by molar-refractivity contribution is 5.85. The third-order valence-corrected chi connectivity index (χ3v) is 1.81. The van der Waals surface area contributed by atoms with Crippen molar-refractivity contribution in [1.29, 1.82) is 0 Å². The van der Waals surface area contributed by atoms with E-state index in [1.165, 1.54) is 0 Å². The van der Waals surface area contributed by atoms with E-state index in [4.69, 9.17) is 15.6 Å². The highest BCUT2D eigenvalue weighted by Gasteiger charge is 2.35. The fourth-order valence-electron chi connectivity index (χ4n) is 0.950. The number of carbonyl (C=O) groups is 1. The summed E-state index contributed by atoms with van der Waals surface area (Å²) in [5.41, 5.74) is 4.49. The second kappa shape index (κ2) is 3.90. The molecule has 0 aromatic heterocycles. The van der Waals surface area contributed by atoms with Gasteiger partial charge in [-0.05, 0) is 12.8 Å². The number of carboxylic acids is 1. The van der Waals surface area contributed by atoms with Crippen LogP contribution in [0.25, 0.3) is 0 Å². The standard InChI is InChI=1S/C6H11NO3.ClH/c7-6(5(8)9)1-3-10-4-2-6;/h1-4,7H2,(H,8,9);1H. The third kappa shape index (κ3) is 2.32. The summed E-state index contributed by atoms with van der Waals surface area (Å²) in [6.45, 7) is 0.922. The van der Waals surface area contributed by atoms with Gasteiger partial charge in [-0.3, -0.25) is 4.79 Å². The fourth-order valence-corrected chi connectivity index (χ4v) is 0.950. The molecule has 0 atom stereocenters. The normalized spacial score (nSPS) is 21.9. The zero-order valence-electron chi connectivity index (χ0n) is 6.08. The lowest BCUT2D eigenvalue weighted by Crippen LogP contribution is -2.51. The molecule has 4 nitrogen and oxygen atoms in total. The minimum atomic E-state index is -1.03. The first-order valence-electron chi connectivity index (χ1n) is 3.25. The number of ether oxygens (including phenoxy) is 1. The Bertz CT molecular complexity index is 145. The maximum atomic E-state index is 10.5. The van der Waals surface area contributed by atoms with Gasteiger partial charge in [-0.25, -0.2) is 0 Å². The summed E-state index contributed by atoms with van der Waals surface area (Å²) in [6.07, 6.45) is 0.838. The summed E-state index contributed by atoms with van der Waals surface area (Å²) >= 11 is 0. The molecule has 1 heterocycles. The number of hydrogen-bond acceptors (Lipinski definition) is 3. The maximum absolute atomic E-state index is 10.5. The van der Waals surface area contributed by atoms with Crippen LogP contribution in [0.15, 0.2) is 0 Å². The van der Waals surface area contributed by atoms with Crippen LogP contribution in [-0.4, -0.2) is 29.8 Å². The molecule has 66 valence electrons. The first-order chi connectivity index (χ1) is 4.65. The Balaban J connectivity index is 0.000001000. The average molecular weight is 182 g/mol. The van der Waals surface area contributed by atoms with Crippen molar-refractivity contribution in [1.82, 2.24) is 0 Å². The first kappa shape index (κ1) is 10.7. The summed E-state index contributed by atoms with van der Waals surface area (Å²) in [6, 6.07) is 0. The van der Waals surface area contributed by atoms with Gasteiger partial charge in [-0.15, -0.1) is 12.4 Å². The molecule has 0 saturated carbocycles. The molecule has 0 amide bonds. The van der Waals surface area contributed by atoms with Gasteiger partial charge >= 0.3 is 5.97 Å². The molecule has 1 aliphatic rings. The Morgan fingerprint density at radius 2 is 1.91 bits per heavy atom. The van der Waals surface area contributed by atoms with Crippen LogP contribution in [0, 0.1) is 0 Å². The van der Waals surface area contributed by atoms with E-state index in [-0.39, 0.29) is 12.4 Å². The Kier molecular flexibility index (Phi) is 3.78. The molecular weight excluding hydrogens is 170 g/mol. The topological polar surface area (TPSA) is 72.6 Å². The number of hydrogen-bond donors (Lipinski definition) is 2. The van der Waals surface area contributed by atoms with E-state index in [1.54, 1.807) is 0 Å². The van der Waals surface area contributed by atoms with Gasteiger partial charge in [0, 0.05) is 13.2 Å². The Labute approximate surface area is 71.1 Å². The number of nitrogens with two attached hydrogens (primary N) is 1. The molecule has 1 rings (SSSR count). The van der Waals surface area contributed by atoms with E-state index >= 15 is 0 Å². The molecule has 0 aromatic carbocycles. The van der Waals surface area contributed by atoms with E-state index in [0.29, 0.717) is 26.1 Å². The van der Waals surface area contributed by atoms with Crippen LogP contribution < -0.4 is 5.73 Å². The van der Waals surface area contributed by atoms with Crippen LogP contribution in [0.2, 0.25) is 0 Å². The predicted molar refractivity (Wildman–Crippen MR) is 41.9 cm³/mol. The van der Waals surface area contributed by atoms with Gasteiger partial charge < -0.3 is 15.6 Å². The van der Waals surface area contributed by atoms with E-state index in [2.05, 4.69) is 0 Å². The summed E-state index contributed by atoms with van der Waals surface area (Å²) in [5, 5.41) is 8.62. The van der Waals surface area contributed by atoms with Crippen LogP contribution in [0.1, 0.15) is 12.8 Å².